The molecule has 0 radical (unpaired) electrons. The van der Waals surface area contributed by atoms with E-state index in [2.05, 4.69) is 26.2 Å². The summed E-state index contributed by atoms with van der Waals surface area (Å²) in [5, 5.41) is 14.8. The van der Waals surface area contributed by atoms with Crippen LogP contribution in [0.2, 0.25) is 0 Å². The van der Waals surface area contributed by atoms with Gasteiger partial charge in [-0.15, -0.1) is 0 Å². The number of nitrogens with zero attached hydrogens (tertiary/aromatic N) is 1. The van der Waals surface area contributed by atoms with Gasteiger partial charge in [-0.05, 0) is 38.3 Å². The van der Waals surface area contributed by atoms with Gasteiger partial charge in [0, 0.05) is 31.6 Å². The zero-order valence-corrected chi connectivity index (χ0v) is 11.0. The lowest BCUT2D eigenvalue weighted by molar-refractivity contribution is -0.0396. The fourth-order valence-corrected chi connectivity index (χ4v) is 4.20. The highest BCUT2D eigenvalue weighted by Gasteiger charge is 2.42. The van der Waals surface area contributed by atoms with Crippen LogP contribution in [0.5, 0.6) is 0 Å². The minimum atomic E-state index is 0.399. The van der Waals surface area contributed by atoms with Crippen molar-refractivity contribution in [2.24, 2.45) is 11.8 Å². The smallest absolute Gasteiger partial charge is 0.115 e. The highest BCUT2D eigenvalue weighted by atomic mass is 15.5. The Balaban J connectivity index is 1.46. The van der Waals surface area contributed by atoms with Gasteiger partial charge in [-0.25, -0.2) is 0 Å². The van der Waals surface area contributed by atoms with Crippen LogP contribution in [-0.2, 0) is 0 Å². The summed E-state index contributed by atoms with van der Waals surface area (Å²) in [5.74, 6) is 1.59. The monoisotopic (exact) mass is 251 g/mol. The fourth-order valence-electron chi connectivity index (χ4n) is 4.20. The third kappa shape index (κ3) is 1.98. The van der Waals surface area contributed by atoms with Gasteiger partial charge in [0.2, 0.25) is 0 Å². The zero-order valence-electron chi connectivity index (χ0n) is 11.0. The standard InChI is InChI=1S/C13H25N5/c1-2-9-7-18-8-10-6-14-5-3-11(10)16-13(18)17-12(9)15-4-1/h9-17H,1-8H2. The Bertz CT molecular complexity index is 252. The van der Waals surface area contributed by atoms with Crippen molar-refractivity contribution in [1.82, 2.24) is 26.2 Å². The molecule has 5 heteroatoms. The summed E-state index contributed by atoms with van der Waals surface area (Å²) in [6.07, 6.45) is 4.92. The van der Waals surface area contributed by atoms with Crippen LogP contribution in [0.1, 0.15) is 19.3 Å². The van der Waals surface area contributed by atoms with E-state index in [1.54, 1.807) is 0 Å². The minimum absolute atomic E-state index is 0.399. The summed E-state index contributed by atoms with van der Waals surface area (Å²) >= 11 is 0. The maximum atomic E-state index is 3.83. The molecule has 0 aromatic heterocycles. The summed E-state index contributed by atoms with van der Waals surface area (Å²) in [6.45, 7) is 6.05. The molecular formula is C13H25N5. The van der Waals surface area contributed by atoms with Gasteiger partial charge in [0.05, 0.1) is 6.17 Å². The molecule has 0 aliphatic carbocycles. The lowest BCUT2D eigenvalue weighted by Gasteiger charge is -2.54. The molecule has 5 nitrogen and oxygen atoms in total. The van der Waals surface area contributed by atoms with Crippen LogP contribution in [0.25, 0.3) is 0 Å². The lowest BCUT2D eigenvalue weighted by atomic mass is 9.87. The molecule has 0 amide bonds. The molecule has 0 spiro atoms. The molecule has 5 unspecified atom stereocenters. The van der Waals surface area contributed by atoms with Gasteiger partial charge in [0.1, 0.15) is 6.29 Å². The van der Waals surface area contributed by atoms with E-state index in [-0.39, 0.29) is 0 Å². The van der Waals surface area contributed by atoms with Crippen molar-refractivity contribution in [3.8, 4) is 0 Å². The van der Waals surface area contributed by atoms with Crippen LogP contribution in [0.4, 0.5) is 0 Å². The summed E-state index contributed by atoms with van der Waals surface area (Å²) in [4.78, 5) is 2.63. The van der Waals surface area contributed by atoms with E-state index in [4.69, 9.17) is 0 Å². The second kappa shape index (κ2) is 4.72. The predicted molar refractivity (Wildman–Crippen MR) is 70.9 cm³/mol. The van der Waals surface area contributed by atoms with Crippen molar-refractivity contribution >= 4 is 0 Å². The van der Waals surface area contributed by atoms with E-state index in [1.165, 1.54) is 52.0 Å². The number of nitrogens with one attached hydrogen (secondary N) is 4. The number of piperidine rings is 2. The molecule has 4 N–H and O–H groups in total. The Morgan fingerprint density at radius 2 is 1.89 bits per heavy atom. The van der Waals surface area contributed by atoms with Crippen molar-refractivity contribution < 1.29 is 0 Å². The number of hydrogen-bond acceptors (Lipinski definition) is 5. The number of rotatable bonds is 0. The summed E-state index contributed by atoms with van der Waals surface area (Å²) in [5.41, 5.74) is 0. The zero-order chi connectivity index (χ0) is 11.9. The largest absolute Gasteiger partial charge is 0.316 e. The third-order valence-electron chi connectivity index (χ3n) is 5.21. The van der Waals surface area contributed by atoms with E-state index >= 15 is 0 Å². The van der Waals surface area contributed by atoms with Gasteiger partial charge in [-0.3, -0.25) is 15.5 Å². The van der Waals surface area contributed by atoms with E-state index in [0.717, 1.165) is 11.8 Å². The van der Waals surface area contributed by atoms with E-state index in [1.807, 2.05) is 0 Å². The van der Waals surface area contributed by atoms with Gasteiger partial charge in [0.15, 0.2) is 0 Å². The lowest BCUT2D eigenvalue weighted by Crippen LogP contribution is -2.75. The van der Waals surface area contributed by atoms with Crippen molar-refractivity contribution in [3.05, 3.63) is 0 Å². The molecule has 0 saturated carbocycles. The molecule has 102 valence electrons. The van der Waals surface area contributed by atoms with Crippen LogP contribution in [-0.4, -0.2) is 56.1 Å². The maximum Gasteiger partial charge on any atom is 0.115 e. The second-order valence-corrected chi connectivity index (χ2v) is 6.38. The van der Waals surface area contributed by atoms with Gasteiger partial charge >= 0.3 is 0 Å². The molecule has 0 aromatic rings. The van der Waals surface area contributed by atoms with Gasteiger partial charge < -0.3 is 10.6 Å². The molecule has 4 aliphatic heterocycles. The van der Waals surface area contributed by atoms with E-state index < -0.39 is 0 Å². The summed E-state index contributed by atoms with van der Waals surface area (Å²) < 4.78 is 0. The highest BCUT2D eigenvalue weighted by molar-refractivity contribution is 4.97. The molecule has 18 heavy (non-hydrogen) atoms. The van der Waals surface area contributed by atoms with Crippen molar-refractivity contribution in [2.75, 3.05) is 32.7 Å². The first-order valence-corrected chi connectivity index (χ1v) is 7.60. The normalized spacial score (nSPS) is 49.0. The van der Waals surface area contributed by atoms with Crippen molar-refractivity contribution in [1.29, 1.82) is 0 Å². The van der Waals surface area contributed by atoms with E-state index in [0.29, 0.717) is 18.5 Å². The van der Waals surface area contributed by atoms with Crippen molar-refractivity contribution in [2.45, 2.75) is 37.8 Å². The van der Waals surface area contributed by atoms with Crippen LogP contribution >= 0.6 is 0 Å². The highest BCUT2D eigenvalue weighted by Crippen LogP contribution is 2.27. The first-order valence-electron chi connectivity index (χ1n) is 7.60. The molecule has 0 bridgehead atoms. The maximum absolute atomic E-state index is 3.83. The van der Waals surface area contributed by atoms with E-state index in [9.17, 15) is 0 Å². The molecule has 4 saturated heterocycles. The Morgan fingerprint density at radius 3 is 2.89 bits per heavy atom. The SMILES string of the molecule is C1CNC2NC3NC4CCNCC4CN3CC2C1. The Kier molecular flexibility index (Phi) is 3.05. The summed E-state index contributed by atoms with van der Waals surface area (Å²) in [7, 11) is 0. The van der Waals surface area contributed by atoms with Gasteiger partial charge in [-0.1, -0.05) is 0 Å². The number of hydrogen-bond donors (Lipinski definition) is 4. The molecular weight excluding hydrogens is 226 g/mol. The Labute approximate surface area is 109 Å². The first kappa shape index (κ1) is 11.6. The topological polar surface area (TPSA) is 51.4 Å². The average molecular weight is 251 g/mol. The van der Waals surface area contributed by atoms with Crippen LogP contribution in [0.15, 0.2) is 0 Å². The Morgan fingerprint density at radius 1 is 0.944 bits per heavy atom. The predicted octanol–water partition coefficient (Wildman–Crippen LogP) is -0.918. The molecule has 4 heterocycles. The van der Waals surface area contributed by atoms with Crippen LogP contribution in [0.3, 0.4) is 0 Å². The fraction of sp³-hybridized carbons (Fsp3) is 1.00. The van der Waals surface area contributed by atoms with Crippen LogP contribution < -0.4 is 21.3 Å². The summed E-state index contributed by atoms with van der Waals surface area (Å²) in [6, 6.07) is 0.708. The quantitative estimate of drug-likeness (QED) is 0.449. The molecule has 0 aromatic carbocycles. The van der Waals surface area contributed by atoms with Gasteiger partial charge in [0.25, 0.3) is 0 Å². The second-order valence-electron chi connectivity index (χ2n) is 6.38. The molecule has 4 aliphatic rings. The molecule has 4 rings (SSSR count). The van der Waals surface area contributed by atoms with Crippen LogP contribution in [0, 0.1) is 11.8 Å². The number of fused-ring (bicyclic) bond motifs is 3. The van der Waals surface area contributed by atoms with Gasteiger partial charge in [-0.2, -0.15) is 0 Å². The minimum Gasteiger partial charge on any atom is -0.316 e. The molecule has 4 fully saturated rings. The van der Waals surface area contributed by atoms with Crippen molar-refractivity contribution in [3.63, 3.8) is 0 Å². The Hall–Kier alpha value is -0.200. The molecule has 5 atom stereocenters. The third-order valence-corrected chi connectivity index (χ3v) is 5.21. The first-order chi connectivity index (χ1) is 8.90. The average Bonchev–Trinajstić information content (AvgIpc) is 2.42.